The van der Waals surface area contributed by atoms with Crippen LogP contribution in [0.25, 0.3) is 0 Å². The number of aliphatic hydroxyl groups is 1. The van der Waals surface area contributed by atoms with Crippen molar-refractivity contribution in [1.82, 2.24) is 4.98 Å². The maximum atomic E-state index is 12.4. The summed E-state index contributed by atoms with van der Waals surface area (Å²) in [5, 5.41) is 9.01. The van der Waals surface area contributed by atoms with Gasteiger partial charge in [-0.2, -0.15) is 0 Å². The van der Waals surface area contributed by atoms with Gasteiger partial charge in [-0.1, -0.05) is 0 Å². The number of aliphatic hydroxyl groups excluding tert-OH is 1. The van der Waals surface area contributed by atoms with E-state index in [0.29, 0.717) is 16.7 Å². The number of hydrogen-bond acceptors (Lipinski definition) is 3. The molecule has 0 fully saturated rings. The molecule has 0 unspecified atom stereocenters. The van der Waals surface area contributed by atoms with Crippen LogP contribution in [0.3, 0.4) is 0 Å². The van der Waals surface area contributed by atoms with E-state index >= 15 is 0 Å². The van der Waals surface area contributed by atoms with Crippen LogP contribution in [0.2, 0.25) is 0 Å². The Bertz CT molecular complexity index is 329. The zero-order valence-electron chi connectivity index (χ0n) is 7.80. The molecule has 0 saturated carbocycles. The Kier molecular flexibility index (Phi) is 3.49. The summed E-state index contributed by atoms with van der Waals surface area (Å²) in [7, 11) is 0. The number of alkyl halides is 2. The van der Waals surface area contributed by atoms with Crippen LogP contribution in [0.5, 0.6) is 0 Å². The number of pyridine rings is 1. The number of nitrogens with zero attached hydrogens (tertiary/aromatic N) is 1. The lowest BCUT2D eigenvalue weighted by Gasteiger charge is -2.11. The third-order valence-electron chi connectivity index (χ3n) is 2.17. The minimum Gasteiger partial charge on any atom is -0.392 e. The van der Waals surface area contributed by atoms with Crippen LogP contribution in [0.15, 0.2) is 6.20 Å². The first kappa shape index (κ1) is 11.0. The SMILES string of the molecule is Cc1c(C(F)F)ncc(CN)c1CO. The second kappa shape index (κ2) is 4.43. The summed E-state index contributed by atoms with van der Waals surface area (Å²) >= 11 is 0. The maximum absolute atomic E-state index is 12.4. The minimum absolute atomic E-state index is 0.188. The molecular weight excluding hydrogens is 190 g/mol. The van der Waals surface area contributed by atoms with Gasteiger partial charge >= 0.3 is 0 Å². The molecule has 1 heterocycles. The summed E-state index contributed by atoms with van der Waals surface area (Å²) in [6.45, 7) is 1.41. The van der Waals surface area contributed by atoms with Crippen molar-refractivity contribution in [2.24, 2.45) is 5.73 Å². The van der Waals surface area contributed by atoms with Crippen LogP contribution in [-0.4, -0.2) is 10.1 Å². The quantitative estimate of drug-likeness (QED) is 0.776. The lowest BCUT2D eigenvalue weighted by atomic mass is 10.0. The van der Waals surface area contributed by atoms with Gasteiger partial charge in [0.05, 0.1) is 6.61 Å². The Morgan fingerprint density at radius 1 is 1.57 bits per heavy atom. The molecule has 0 saturated heterocycles. The highest BCUT2D eigenvalue weighted by Gasteiger charge is 2.16. The zero-order valence-corrected chi connectivity index (χ0v) is 7.80. The molecule has 1 rings (SSSR count). The fourth-order valence-corrected chi connectivity index (χ4v) is 1.33. The maximum Gasteiger partial charge on any atom is 0.280 e. The molecule has 0 spiro atoms. The Labute approximate surface area is 80.6 Å². The van der Waals surface area contributed by atoms with Gasteiger partial charge in [0, 0.05) is 12.7 Å². The van der Waals surface area contributed by atoms with E-state index in [2.05, 4.69) is 4.98 Å². The fraction of sp³-hybridized carbons (Fsp3) is 0.444. The van der Waals surface area contributed by atoms with Crippen LogP contribution in [-0.2, 0) is 13.2 Å². The first-order chi connectivity index (χ1) is 6.61. The number of aromatic nitrogens is 1. The Hall–Kier alpha value is -1.07. The van der Waals surface area contributed by atoms with Gasteiger partial charge in [0.25, 0.3) is 6.43 Å². The first-order valence-corrected chi connectivity index (χ1v) is 4.18. The van der Waals surface area contributed by atoms with E-state index in [0.717, 1.165) is 0 Å². The van der Waals surface area contributed by atoms with E-state index in [1.165, 1.54) is 13.1 Å². The van der Waals surface area contributed by atoms with E-state index in [1.807, 2.05) is 0 Å². The highest BCUT2D eigenvalue weighted by molar-refractivity contribution is 5.35. The Morgan fingerprint density at radius 2 is 2.21 bits per heavy atom. The van der Waals surface area contributed by atoms with E-state index < -0.39 is 6.43 Å². The lowest BCUT2D eigenvalue weighted by Crippen LogP contribution is -2.08. The number of halogens is 2. The molecule has 0 amide bonds. The molecule has 0 radical (unpaired) electrons. The van der Waals surface area contributed by atoms with Crippen molar-refractivity contribution in [1.29, 1.82) is 0 Å². The topological polar surface area (TPSA) is 59.1 Å². The number of hydrogen-bond donors (Lipinski definition) is 2. The van der Waals surface area contributed by atoms with Crippen molar-refractivity contribution in [2.75, 3.05) is 0 Å². The van der Waals surface area contributed by atoms with E-state index in [1.54, 1.807) is 0 Å². The summed E-state index contributed by atoms with van der Waals surface area (Å²) in [4.78, 5) is 3.62. The summed E-state index contributed by atoms with van der Waals surface area (Å²) in [5.74, 6) is 0. The molecular formula is C9H12F2N2O. The van der Waals surface area contributed by atoms with Crippen molar-refractivity contribution in [2.45, 2.75) is 26.5 Å². The average Bonchev–Trinajstić information content (AvgIpc) is 2.16. The van der Waals surface area contributed by atoms with Gasteiger partial charge in [0.1, 0.15) is 5.69 Å². The standard InChI is InChI=1S/C9H12F2N2O/c1-5-7(4-14)6(2-12)3-13-8(5)9(10)11/h3,9,14H,2,4,12H2,1H3. The number of nitrogens with two attached hydrogens (primary N) is 1. The zero-order chi connectivity index (χ0) is 10.7. The molecule has 1 aromatic heterocycles. The smallest absolute Gasteiger partial charge is 0.280 e. The van der Waals surface area contributed by atoms with Crippen molar-refractivity contribution in [3.63, 3.8) is 0 Å². The highest BCUT2D eigenvalue weighted by atomic mass is 19.3. The van der Waals surface area contributed by atoms with E-state index in [-0.39, 0.29) is 18.8 Å². The first-order valence-electron chi connectivity index (χ1n) is 4.18. The van der Waals surface area contributed by atoms with Crippen molar-refractivity contribution in [3.05, 3.63) is 28.6 Å². The molecule has 0 aliphatic rings. The molecule has 3 nitrogen and oxygen atoms in total. The van der Waals surface area contributed by atoms with Gasteiger partial charge in [-0.15, -0.1) is 0 Å². The van der Waals surface area contributed by atoms with Crippen LogP contribution in [0.1, 0.15) is 28.8 Å². The molecule has 1 aromatic rings. The molecule has 78 valence electrons. The monoisotopic (exact) mass is 202 g/mol. The molecule has 5 heteroatoms. The average molecular weight is 202 g/mol. The Balaban J connectivity index is 3.27. The third kappa shape index (κ3) is 1.88. The third-order valence-corrected chi connectivity index (χ3v) is 2.17. The van der Waals surface area contributed by atoms with Crippen LogP contribution in [0.4, 0.5) is 8.78 Å². The molecule has 14 heavy (non-hydrogen) atoms. The largest absolute Gasteiger partial charge is 0.392 e. The van der Waals surface area contributed by atoms with Gasteiger partial charge in [-0.3, -0.25) is 4.98 Å². The van der Waals surface area contributed by atoms with Crippen molar-refractivity contribution < 1.29 is 13.9 Å². The second-order valence-corrected chi connectivity index (χ2v) is 2.94. The van der Waals surface area contributed by atoms with Gasteiger partial charge in [0.2, 0.25) is 0 Å². The predicted octanol–water partition coefficient (Wildman–Crippen LogP) is 1.28. The normalized spacial score (nSPS) is 11.0. The fourth-order valence-electron chi connectivity index (χ4n) is 1.33. The summed E-state index contributed by atoms with van der Waals surface area (Å²) < 4.78 is 24.8. The lowest BCUT2D eigenvalue weighted by molar-refractivity contribution is 0.144. The highest BCUT2D eigenvalue weighted by Crippen LogP contribution is 2.24. The van der Waals surface area contributed by atoms with E-state index in [4.69, 9.17) is 10.8 Å². The van der Waals surface area contributed by atoms with Crippen molar-refractivity contribution >= 4 is 0 Å². The van der Waals surface area contributed by atoms with Gasteiger partial charge in [-0.05, 0) is 23.6 Å². The molecule has 0 aromatic carbocycles. The molecule has 3 N–H and O–H groups in total. The summed E-state index contributed by atoms with van der Waals surface area (Å²) in [6.07, 6.45) is -1.33. The second-order valence-electron chi connectivity index (χ2n) is 2.94. The van der Waals surface area contributed by atoms with Crippen LogP contribution >= 0.6 is 0 Å². The summed E-state index contributed by atoms with van der Waals surface area (Å²) in [6, 6.07) is 0. The van der Waals surface area contributed by atoms with Gasteiger partial charge < -0.3 is 10.8 Å². The van der Waals surface area contributed by atoms with Gasteiger partial charge in [-0.25, -0.2) is 8.78 Å². The minimum atomic E-state index is -2.62. The van der Waals surface area contributed by atoms with Crippen LogP contribution < -0.4 is 5.73 Å². The predicted molar refractivity (Wildman–Crippen MR) is 47.7 cm³/mol. The Morgan fingerprint density at radius 3 is 2.64 bits per heavy atom. The van der Waals surface area contributed by atoms with Crippen LogP contribution in [0, 0.1) is 6.92 Å². The van der Waals surface area contributed by atoms with Gasteiger partial charge in [0.15, 0.2) is 0 Å². The van der Waals surface area contributed by atoms with E-state index in [9.17, 15) is 8.78 Å². The summed E-state index contributed by atoms with van der Waals surface area (Å²) in [5.41, 5.74) is 6.48. The molecule has 0 aliphatic carbocycles. The van der Waals surface area contributed by atoms with Crippen molar-refractivity contribution in [3.8, 4) is 0 Å². The molecule has 0 aliphatic heterocycles. The molecule has 0 atom stereocenters. The molecule has 0 bridgehead atoms. The number of rotatable bonds is 3.